The first-order chi connectivity index (χ1) is 7.79. The molecule has 3 nitrogen and oxygen atoms in total. The Bertz CT molecular complexity index is 437. The van der Waals surface area contributed by atoms with Crippen molar-refractivity contribution in [3.05, 3.63) is 54.0 Å². The molecular weight excluding hydrogens is 202 g/mol. The van der Waals surface area contributed by atoms with Crippen molar-refractivity contribution in [2.75, 3.05) is 7.05 Å². The number of rotatable bonds is 4. The lowest BCUT2D eigenvalue weighted by atomic mass is 10.0. The van der Waals surface area contributed by atoms with Gasteiger partial charge in [-0.2, -0.15) is 0 Å². The Labute approximate surface area is 94.7 Å². The third-order valence-electron chi connectivity index (χ3n) is 2.64. The van der Waals surface area contributed by atoms with Crippen molar-refractivity contribution >= 4 is 0 Å². The molecule has 0 aliphatic carbocycles. The highest BCUT2D eigenvalue weighted by atomic mass is 16.3. The normalized spacial score (nSPS) is 12.6. The number of hydrogen-bond donors (Lipinski definition) is 2. The molecule has 1 aromatic heterocycles. The lowest BCUT2D eigenvalue weighted by Gasteiger charge is -2.14. The summed E-state index contributed by atoms with van der Waals surface area (Å²) in [5.74, 6) is 0.305. The van der Waals surface area contributed by atoms with E-state index in [2.05, 4.69) is 5.32 Å². The molecule has 2 N–H and O–H groups in total. The van der Waals surface area contributed by atoms with Gasteiger partial charge in [-0.3, -0.25) is 0 Å². The minimum absolute atomic E-state index is 0.209. The maximum Gasteiger partial charge on any atom is 0.115 e. The molecule has 2 rings (SSSR count). The number of nitrogens with one attached hydrogen (secondary N) is 1. The monoisotopic (exact) mass is 217 g/mol. The molecule has 3 heteroatoms. The van der Waals surface area contributed by atoms with Crippen LogP contribution in [0.25, 0.3) is 0 Å². The van der Waals surface area contributed by atoms with Crippen molar-refractivity contribution in [3.8, 4) is 5.75 Å². The molecular formula is C13H15NO2. The van der Waals surface area contributed by atoms with Gasteiger partial charge in [-0.25, -0.2) is 0 Å². The van der Waals surface area contributed by atoms with Gasteiger partial charge in [0.25, 0.3) is 0 Å². The van der Waals surface area contributed by atoms with Crippen LogP contribution < -0.4 is 5.32 Å². The molecule has 84 valence electrons. The highest BCUT2D eigenvalue weighted by Crippen LogP contribution is 2.20. The lowest BCUT2D eigenvalue weighted by Crippen LogP contribution is -2.18. The molecule has 0 spiro atoms. The molecule has 16 heavy (non-hydrogen) atoms. The summed E-state index contributed by atoms with van der Waals surface area (Å²) in [5.41, 5.74) is 2.21. The summed E-state index contributed by atoms with van der Waals surface area (Å²) in [7, 11) is 1.92. The van der Waals surface area contributed by atoms with E-state index in [0.717, 1.165) is 17.5 Å². The average Bonchev–Trinajstić information content (AvgIpc) is 2.79. The van der Waals surface area contributed by atoms with Crippen LogP contribution in [0, 0.1) is 0 Å². The molecule has 0 aliphatic rings. The van der Waals surface area contributed by atoms with E-state index in [1.165, 1.54) is 0 Å². The Kier molecular flexibility index (Phi) is 3.27. The predicted octanol–water partition coefficient (Wildman–Crippen LogP) is 2.49. The van der Waals surface area contributed by atoms with E-state index in [4.69, 9.17) is 4.42 Å². The smallest absolute Gasteiger partial charge is 0.115 e. The number of benzene rings is 1. The summed E-state index contributed by atoms with van der Waals surface area (Å²) < 4.78 is 5.07. The summed E-state index contributed by atoms with van der Waals surface area (Å²) in [6.07, 6.45) is 4.23. The molecule has 1 heterocycles. The van der Waals surface area contributed by atoms with Gasteiger partial charge < -0.3 is 14.8 Å². The van der Waals surface area contributed by atoms with Crippen molar-refractivity contribution in [2.45, 2.75) is 12.5 Å². The zero-order valence-electron chi connectivity index (χ0n) is 9.18. The number of aromatic hydroxyl groups is 1. The first kappa shape index (κ1) is 10.8. The van der Waals surface area contributed by atoms with Crippen molar-refractivity contribution in [3.63, 3.8) is 0 Å². The van der Waals surface area contributed by atoms with Crippen molar-refractivity contribution < 1.29 is 9.52 Å². The fraction of sp³-hybridized carbons (Fsp3) is 0.231. The van der Waals surface area contributed by atoms with Gasteiger partial charge in [0.2, 0.25) is 0 Å². The summed E-state index contributed by atoms with van der Waals surface area (Å²) in [6, 6.07) is 9.47. The highest BCUT2D eigenvalue weighted by Gasteiger charge is 2.11. The Balaban J connectivity index is 2.13. The Morgan fingerprint density at radius 2 is 2.25 bits per heavy atom. The SMILES string of the molecule is CNC(Cc1cccc(O)c1)c1ccoc1. The van der Waals surface area contributed by atoms with Crippen LogP contribution in [0.2, 0.25) is 0 Å². The van der Waals surface area contributed by atoms with Crippen LogP contribution in [-0.2, 0) is 6.42 Å². The third kappa shape index (κ3) is 2.44. The van der Waals surface area contributed by atoms with Gasteiger partial charge in [-0.05, 0) is 37.2 Å². The van der Waals surface area contributed by atoms with E-state index in [-0.39, 0.29) is 6.04 Å². The quantitative estimate of drug-likeness (QED) is 0.827. The summed E-state index contributed by atoms with van der Waals surface area (Å²) in [4.78, 5) is 0. The Morgan fingerprint density at radius 3 is 2.88 bits per heavy atom. The molecule has 0 fully saturated rings. The number of hydrogen-bond acceptors (Lipinski definition) is 3. The van der Waals surface area contributed by atoms with E-state index in [1.54, 1.807) is 24.7 Å². The predicted molar refractivity (Wildman–Crippen MR) is 62.3 cm³/mol. The van der Waals surface area contributed by atoms with Crippen LogP contribution in [0.15, 0.2) is 47.3 Å². The van der Waals surface area contributed by atoms with Gasteiger partial charge in [0.05, 0.1) is 12.5 Å². The van der Waals surface area contributed by atoms with Crippen LogP contribution in [0.1, 0.15) is 17.2 Å². The minimum atomic E-state index is 0.209. The maximum atomic E-state index is 9.39. The molecule has 2 aromatic rings. The molecule has 0 saturated heterocycles. The van der Waals surface area contributed by atoms with E-state index < -0.39 is 0 Å². The van der Waals surface area contributed by atoms with E-state index in [1.807, 2.05) is 25.2 Å². The van der Waals surface area contributed by atoms with Gasteiger partial charge in [0, 0.05) is 11.6 Å². The Hall–Kier alpha value is -1.74. The second-order valence-electron chi connectivity index (χ2n) is 3.77. The Morgan fingerprint density at radius 1 is 1.38 bits per heavy atom. The number of furan rings is 1. The number of phenols is 1. The molecule has 0 saturated carbocycles. The van der Waals surface area contributed by atoms with Crippen LogP contribution in [0.5, 0.6) is 5.75 Å². The van der Waals surface area contributed by atoms with E-state index in [9.17, 15) is 5.11 Å². The molecule has 0 aliphatic heterocycles. The van der Waals surface area contributed by atoms with Crippen LogP contribution in [0.4, 0.5) is 0 Å². The second-order valence-corrected chi connectivity index (χ2v) is 3.77. The van der Waals surface area contributed by atoms with Gasteiger partial charge in [0.15, 0.2) is 0 Å². The zero-order chi connectivity index (χ0) is 11.4. The zero-order valence-corrected chi connectivity index (χ0v) is 9.18. The maximum absolute atomic E-state index is 9.39. The average molecular weight is 217 g/mol. The van der Waals surface area contributed by atoms with Crippen molar-refractivity contribution in [1.29, 1.82) is 0 Å². The number of likely N-dealkylation sites (N-methyl/N-ethyl adjacent to an activating group) is 1. The summed E-state index contributed by atoms with van der Waals surface area (Å²) >= 11 is 0. The van der Waals surface area contributed by atoms with Crippen molar-refractivity contribution in [1.82, 2.24) is 5.32 Å². The van der Waals surface area contributed by atoms with Crippen LogP contribution in [-0.4, -0.2) is 12.2 Å². The fourth-order valence-corrected chi connectivity index (χ4v) is 1.78. The topological polar surface area (TPSA) is 45.4 Å². The molecule has 0 radical (unpaired) electrons. The van der Waals surface area contributed by atoms with Crippen LogP contribution >= 0.6 is 0 Å². The fourth-order valence-electron chi connectivity index (χ4n) is 1.78. The van der Waals surface area contributed by atoms with Gasteiger partial charge in [-0.1, -0.05) is 12.1 Å². The molecule has 0 bridgehead atoms. The summed E-state index contributed by atoms with van der Waals surface area (Å²) in [6.45, 7) is 0. The largest absolute Gasteiger partial charge is 0.508 e. The van der Waals surface area contributed by atoms with E-state index >= 15 is 0 Å². The van der Waals surface area contributed by atoms with Gasteiger partial charge in [-0.15, -0.1) is 0 Å². The van der Waals surface area contributed by atoms with E-state index in [0.29, 0.717) is 5.75 Å². The molecule has 1 aromatic carbocycles. The van der Waals surface area contributed by atoms with Crippen LogP contribution in [0.3, 0.4) is 0 Å². The molecule has 0 amide bonds. The third-order valence-corrected chi connectivity index (χ3v) is 2.64. The molecule has 1 unspecified atom stereocenters. The highest BCUT2D eigenvalue weighted by molar-refractivity contribution is 5.29. The lowest BCUT2D eigenvalue weighted by molar-refractivity contribution is 0.473. The van der Waals surface area contributed by atoms with Gasteiger partial charge >= 0.3 is 0 Å². The molecule has 1 atom stereocenters. The van der Waals surface area contributed by atoms with Crippen molar-refractivity contribution in [2.24, 2.45) is 0 Å². The number of phenolic OH excluding ortho intramolecular Hbond substituents is 1. The standard InChI is InChI=1S/C13H15NO2/c1-14-13(11-5-6-16-9-11)8-10-3-2-4-12(15)7-10/h2-7,9,13-15H,8H2,1H3. The minimum Gasteiger partial charge on any atom is -0.508 e. The summed E-state index contributed by atoms with van der Waals surface area (Å²) in [5, 5.41) is 12.6. The first-order valence-corrected chi connectivity index (χ1v) is 5.27. The van der Waals surface area contributed by atoms with Gasteiger partial charge in [0.1, 0.15) is 5.75 Å². The second kappa shape index (κ2) is 4.86. The first-order valence-electron chi connectivity index (χ1n) is 5.27.